The molecule has 1 heterocycles. The Kier molecular flexibility index (Phi) is 5.70. The lowest BCUT2D eigenvalue weighted by molar-refractivity contribution is 0.0377. The second-order valence-corrected chi connectivity index (χ2v) is 8.52. The van der Waals surface area contributed by atoms with Crippen LogP contribution in [0.4, 0.5) is 0 Å². The molecule has 1 unspecified atom stereocenters. The number of carbonyl (C=O) groups is 1. The Balaban J connectivity index is 2.36. The fourth-order valence-corrected chi connectivity index (χ4v) is 4.71. The van der Waals surface area contributed by atoms with Gasteiger partial charge in [-0.15, -0.1) is 0 Å². The molecule has 0 radical (unpaired) electrons. The van der Waals surface area contributed by atoms with Gasteiger partial charge in [-0.05, 0) is 50.8 Å². The van der Waals surface area contributed by atoms with E-state index in [4.69, 9.17) is 16.3 Å². The number of hydrogen-bond donors (Lipinski definition) is 0. The summed E-state index contributed by atoms with van der Waals surface area (Å²) in [6, 6.07) is 4.21. The largest absolute Gasteiger partial charge is 0.459 e. The number of rotatable bonds is 4. The van der Waals surface area contributed by atoms with Gasteiger partial charge in [0.05, 0.1) is 16.7 Å². The lowest BCUT2D eigenvalue weighted by atomic mass is 10.0. The molecular weight excluding hydrogens is 338 g/mol. The Bertz CT molecular complexity index is 687. The van der Waals surface area contributed by atoms with E-state index in [2.05, 4.69) is 0 Å². The van der Waals surface area contributed by atoms with Gasteiger partial charge in [0.2, 0.25) is 10.0 Å². The van der Waals surface area contributed by atoms with Crippen LogP contribution in [0.1, 0.15) is 44.0 Å². The summed E-state index contributed by atoms with van der Waals surface area (Å²) in [5.41, 5.74) is 0.187. The highest BCUT2D eigenvalue weighted by Gasteiger charge is 2.31. The third-order valence-electron chi connectivity index (χ3n) is 3.75. The van der Waals surface area contributed by atoms with Crippen LogP contribution in [0.2, 0.25) is 5.02 Å². The van der Waals surface area contributed by atoms with E-state index in [1.54, 1.807) is 13.8 Å². The average molecular weight is 360 g/mol. The SMILES string of the molecule is CC1CCCN(S(=O)(=O)c2cc(C(=O)OC(C)C)ccc2Cl)C1. The molecule has 1 aliphatic rings. The zero-order valence-electron chi connectivity index (χ0n) is 13.6. The van der Waals surface area contributed by atoms with Crippen LogP contribution in [0.5, 0.6) is 0 Å². The van der Waals surface area contributed by atoms with Crippen LogP contribution >= 0.6 is 11.6 Å². The van der Waals surface area contributed by atoms with Gasteiger partial charge in [-0.3, -0.25) is 0 Å². The molecule has 1 atom stereocenters. The van der Waals surface area contributed by atoms with Gasteiger partial charge < -0.3 is 4.74 Å². The molecule has 5 nitrogen and oxygen atoms in total. The number of benzene rings is 1. The Labute approximate surface area is 142 Å². The van der Waals surface area contributed by atoms with E-state index >= 15 is 0 Å². The van der Waals surface area contributed by atoms with Crippen LogP contribution in [-0.2, 0) is 14.8 Å². The number of ether oxygens (including phenoxy) is 1. The minimum Gasteiger partial charge on any atom is -0.459 e. The molecular formula is C16H22ClNO4S. The van der Waals surface area contributed by atoms with Crippen molar-refractivity contribution < 1.29 is 17.9 Å². The van der Waals surface area contributed by atoms with Gasteiger partial charge in [-0.25, -0.2) is 13.2 Å². The van der Waals surface area contributed by atoms with Gasteiger partial charge in [0.25, 0.3) is 0 Å². The summed E-state index contributed by atoms with van der Waals surface area (Å²) in [6.07, 6.45) is 1.56. The van der Waals surface area contributed by atoms with Gasteiger partial charge in [0.1, 0.15) is 4.90 Å². The molecule has 0 spiro atoms. The van der Waals surface area contributed by atoms with E-state index in [9.17, 15) is 13.2 Å². The predicted molar refractivity (Wildman–Crippen MR) is 89.2 cm³/mol. The van der Waals surface area contributed by atoms with Crippen LogP contribution in [-0.4, -0.2) is 37.9 Å². The summed E-state index contributed by atoms with van der Waals surface area (Å²) in [6.45, 7) is 6.45. The lowest BCUT2D eigenvalue weighted by Crippen LogP contribution is -2.39. The van der Waals surface area contributed by atoms with Crippen LogP contribution in [0, 0.1) is 5.92 Å². The molecule has 0 saturated carbocycles. The van der Waals surface area contributed by atoms with Crippen molar-refractivity contribution in [2.75, 3.05) is 13.1 Å². The highest BCUT2D eigenvalue weighted by Crippen LogP contribution is 2.29. The maximum Gasteiger partial charge on any atom is 0.338 e. The van der Waals surface area contributed by atoms with E-state index < -0.39 is 16.0 Å². The maximum absolute atomic E-state index is 12.8. The fourth-order valence-electron chi connectivity index (χ4n) is 2.61. The first kappa shape index (κ1) is 18.2. The molecule has 128 valence electrons. The number of esters is 1. The molecule has 0 amide bonds. The van der Waals surface area contributed by atoms with Crippen molar-refractivity contribution in [1.82, 2.24) is 4.31 Å². The Morgan fingerprint density at radius 3 is 2.70 bits per heavy atom. The number of sulfonamides is 1. The maximum atomic E-state index is 12.8. The minimum atomic E-state index is -3.72. The first-order valence-corrected chi connectivity index (χ1v) is 9.54. The zero-order chi connectivity index (χ0) is 17.2. The van der Waals surface area contributed by atoms with Crippen LogP contribution in [0.15, 0.2) is 23.1 Å². The van der Waals surface area contributed by atoms with Gasteiger partial charge in [0.15, 0.2) is 0 Å². The zero-order valence-corrected chi connectivity index (χ0v) is 15.2. The van der Waals surface area contributed by atoms with Crippen molar-refractivity contribution in [3.63, 3.8) is 0 Å². The Morgan fingerprint density at radius 1 is 1.39 bits per heavy atom. The van der Waals surface area contributed by atoms with E-state index in [-0.39, 0.29) is 21.6 Å². The van der Waals surface area contributed by atoms with Gasteiger partial charge in [-0.2, -0.15) is 4.31 Å². The van der Waals surface area contributed by atoms with Crippen molar-refractivity contribution in [1.29, 1.82) is 0 Å². The van der Waals surface area contributed by atoms with Crippen molar-refractivity contribution in [3.05, 3.63) is 28.8 Å². The monoisotopic (exact) mass is 359 g/mol. The van der Waals surface area contributed by atoms with Crippen LogP contribution < -0.4 is 0 Å². The topological polar surface area (TPSA) is 63.7 Å². The second kappa shape index (κ2) is 7.20. The van der Waals surface area contributed by atoms with Crippen LogP contribution in [0.3, 0.4) is 0 Å². The molecule has 0 bridgehead atoms. The van der Waals surface area contributed by atoms with Crippen molar-refractivity contribution >= 4 is 27.6 Å². The highest BCUT2D eigenvalue weighted by molar-refractivity contribution is 7.89. The third kappa shape index (κ3) is 4.25. The number of piperidine rings is 1. The van der Waals surface area contributed by atoms with E-state index in [1.165, 1.54) is 22.5 Å². The predicted octanol–water partition coefficient (Wildman–Crippen LogP) is 3.33. The Hall–Kier alpha value is -1.11. The quantitative estimate of drug-likeness (QED) is 0.773. The van der Waals surface area contributed by atoms with Crippen molar-refractivity contribution in [2.24, 2.45) is 5.92 Å². The van der Waals surface area contributed by atoms with E-state index in [0.29, 0.717) is 19.0 Å². The lowest BCUT2D eigenvalue weighted by Gasteiger charge is -2.30. The van der Waals surface area contributed by atoms with Crippen LogP contribution in [0.25, 0.3) is 0 Å². The summed E-state index contributed by atoms with van der Waals surface area (Å²) in [5, 5.41) is 0.115. The number of halogens is 1. The molecule has 1 aromatic carbocycles. The fraction of sp³-hybridized carbons (Fsp3) is 0.562. The highest BCUT2D eigenvalue weighted by atomic mass is 35.5. The minimum absolute atomic E-state index is 0.0357. The van der Waals surface area contributed by atoms with Crippen molar-refractivity contribution in [3.8, 4) is 0 Å². The molecule has 0 aliphatic carbocycles. The number of carbonyl (C=O) groups excluding carboxylic acids is 1. The number of hydrogen-bond acceptors (Lipinski definition) is 4. The summed E-state index contributed by atoms with van der Waals surface area (Å²) >= 11 is 6.09. The molecule has 2 rings (SSSR count). The van der Waals surface area contributed by atoms with Gasteiger partial charge >= 0.3 is 5.97 Å². The Morgan fingerprint density at radius 2 is 2.09 bits per heavy atom. The molecule has 1 fully saturated rings. The normalized spacial score (nSPS) is 19.8. The summed E-state index contributed by atoms with van der Waals surface area (Å²) in [5.74, 6) is -0.244. The molecule has 1 aliphatic heterocycles. The van der Waals surface area contributed by atoms with Gasteiger partial charge in [-0.1, -0.05) is 18.5 Å². The van der Waals surface area contributed by atoms with E-state index in [0.717, 1.165) is 12.8 Å². The first-order chi connectivity index (χ1) is 10.7. The molecule has 1 saturated heterocycles. The molecule has 1 aromatic rings. The molecule has 7 heteroatoms. The second-order valence-electron chi connectivity index (χ2n) is 6.21. The summed E-state index contributed by atoms with van der Waals surface area (Å²) in [7, 11) is -3.72. The average Bonchev–Trinajstić information content (AvgIpc) is 2.46. The van der Waals surface area contributed by atoms with Crippen molar-refractivity contribution in [2.45, 2.75) is 44.6 Å². The molecule has 0 aromatic heterocycles. The van der Waals surface area contributed by atoms with Gasteiger partial charge in [0, 0.05) is 13.1 Å². The standard InChI is InChI=1S/C16H22ClNO4S/c1-11(2)22-16(19)13-6-7-14(17)15(9-13)23(20,21)18-8-4-5-12(3)10-18/h6-7,9,11-12H,4-5,8,10H2,1-3H3. The molecule has 23 heavy (non-hydrogen) atoms. The summed E-state index contributed by atoms with van der Waals surface area (Å²) in [4.78, 5) is 12.0. The van der Waals surface area contributed by atoms with E-state index in [1.807, 2.05) is 6.92 Å². The first-order valence-electron chi connectivity index (χ1n) is 7.72. The molecule has 0 N–H and O–H groups in total. The third-order valence-corrected chi connectivity index (χ3v) is 6.09. The summed E-state index contributed by atoms with van der Waals surface area (Å²) < 4.78 is 32.2. The smallest absolute Gasteiger partial charge is 0.338 e. The number of nitrogens with zero attached hydrogens (tertiary/aromatic N) is 1.